The number of pyridine rings is 1. The molecule has 3 heteroatoms. The van der Waals surface area contributed by atoms with Crippen molar-refractivity contribution in [3.8, 4) is 17.1 Å². The Kier molecular flexibility index (Phi) is 2.97. The van der Waals surface area contributed by atoms with Gasteiger partial charge in [0.25, 0.3) is 0 Å². The minimum absolute atomic E-state index is 0.846. The van der Waals surface area contributed by atoms with E-state index in [2.05, 4.69) is 28.7 Å². The molecule has 0 N–H and O–H groups in total. The summed E-state index contributed by atoms with van der Waals surface area (Å²) < 4.78 is 7.36. The lowest BCUT2D eigenvalue weighted by Crippen LogP contribution is -2.26. The number of para-hydroxylation sites is 1. The van der Waals surface area contributed by atoms with Crippen LogP contribution >= 0.6 is 0 Å². The topological polar surface area (TPSA) is 26.2 Å². The van der Waals surface area contributed by atoms with E-state index < -0.39 is 0 Å². The molecule has 0 spiro atoms. The van der Waals surface area contributed by atoms with Crippen molar-refractivity contribution < 1.29 is 9.14 Å². The van der Waals surface area contributed by atoms with Crippen molar-refractivity contribution in [2.75, 3.05) is 7.11 Å². The lowest BCUT2D eigenvalue weighted by Gasteiger charge is -2.04. The summed E-state index contributed by atoms with van der Waals surface area (Å²) in [5.41, 5.74) is 3.21. The van der Waals surface area contributed by atoms with Crippen molar-refractivity contribution in [2.24, 2.45) is 0 Å². The Bertz CT molecular complexity index is 962. The van der Waals surface area contributed by atoms with E-state index in [4.69, 9.17) is 9.72 Å². The lowest BCUT2D eigenvalue weighted by atomic mass is 10.1. The first-order chi connectivity index (χ1) is 10.9. The van der Waals surface area contributed by atoms with Gasteiger partial charge in [-0.1, -0.05) is 18.2 Å². The van der Waals surface area contributed by atoms with Gasteiger partial charge in [0.15, 0.2) is 5.52 Å². The molecule has 2 heterocycles. The quantitative estimate of drug-likeness (QED) is 0.415. The number of methoxy groups -OCH3 is 1. The fraction of sp³-hybridized carbons (Fsp3) is 0.0526. The fourth-order valence-corrected chi connectivity index (χ4v) is 2.75. The van der Waals surface area contributed by atoms with Crippen LogP contribution in [-0.2, 0) is 0 Å². The molecule has 2 aromatic carbocycles. The number of aromatic nitrogens is 2. The number of hydrogen-bond donors (Lipinski definition) is 0. The van der Waals surface area contributed by atoms with Crippen LogP contribution in [0.5, 0.6) is 5.75 Å². The summed E-state index contributed by atoms with van der Waals surface area (Å²) >= 11 is 0. The van der Waals surface area contributed by atoms with Crippen molar-refractivity contribution in [1.82, 2.24) is 4.98 Å². The summed E-state index contributed by atoms with van der Waals surface area (Å²) in [6, 6.07) is 22.4. The van der Waals surface area contributed by atoms with Gasteiger partial charge in [0.05, 0.1) is 24.3 Å². The number of hydrogen-bond acceptors (Lipinski definition) is 2. The number of rotatable bonds is 2. The second-order valence-electron chi connectivity index (χ2n) is 5.14. The van der Waals surface area contributed by atoms with Crippen LogP contribution in [0.15, 0.2) is 72.9 Å². The largest absolute Gasteiger partial charge is 0.497 e. The average molecular weight is 287 g/mol. The molecule has 0 aliphatic heterocycles. The third-order valence-corrected chi connectivity index (χ3v) is 3.84. The van der Waals surface area contributed by atoms with Crippen molar-refractivity contribution in [1.29, 1.82) is 0 Å². The van der Waals surface area contributed by atoms with Crippen LogP contribution in [0.3, 0.4) is 0 Å². The van der Waals surface area contributed by atoms with Crippen LogP contribution in [0.25, 0.3) is 27.8 Å². The van der Waals surface area contributed by atoms with Gasteiger partial charge >= 0.3 is 5.82 Å². The zero-order valence-electron chi connectivity index (χ0n) is 12.2. The lowest BCUT2D eigenvalue weighted by molar-refractivity contribution is -0.501. The molecule has 4 rings (SSSR count). The van der Waals surface area contributed by atoms with Crippen molar-refractivity contribution >= 4 is 16.4 Å². The number of benzene rings is 2. The third-order valence-electron chi connectivity index (χ3n) is 3.84. The zero-order chi connectivity index (χ0) is 14.9. The first-order valence-corrected chi connectivity index (χ1v) is 7.20. The average Bonchev–Trinajstić information content (AvgIpc) is 2.61. The molecule has 0 amide bonds. The van der Waals surface area contributed by atoms with Gasteiger partial charge in [-0.05, 0) is 53.5 Å². The molecule has 0 radical (unpaired) electrons. The van der Waals surface area contributed by atoms with Gasteiger partial charge in [-0.2, -0.15) is 4.40 Å². The van der Waals surface area contributed by atoms with Crippen LogP contribution < -0.4 is 9.14 Å². The molecule has 0 fully saturated rings. The molecule has 0 saturated heterocycles. The maximum Gasteiger partial charge on any atom is 0.336 e. The molecule has 0 saturated carbocycles. The van der Waals surface area contributed by atoms with Crippen LogP contribution in [0, 0.1) is 0 Å². The van der Waals surface area contributed by atoms with Crippen LogP contribution in [0.4, 0.5) is 0 Å². The Hall–Kier alpha value is -2.94. The summed E-state index contributed by atoms with van der Waals surface area (Å²) in [6.07, 6.45) is 2.05. The van der Waals surface area contributed by atoms with Gasteiger partial charge in [0, 0.05) is 0 Å². The molecule has 3 nitrogen and oxygen atoms in total. The summed E-state index contributed by atoms with van der Waals surface area (Å²) in [7, 11) is 1.67. The van der Waals surface area contributed by atoms with Gasteiger partial charge in [-0.25, -0.2) is 0 Å². The number of fused-ring (bicyclic) bond motifs is 3. The molecule has 0 aliphatic rings. The highest BCUT2D eigenvalue weighted by Gasteiger charge is 2.18. The van der Waals surface area contributed by atoms with Gasteiger partial charge in [0.2, 0.25) is 0 Å². The van der Waals surface area contributed by atoms with E-state index in [9.17, 15) is 0 Å². The van der Waals surface area contributed by atoms with Crippen LogP contribution in [0.2, 0.25) is 0 Å². The second kappa shape index (κ2) is 5.11. The Morgan fingerprint density at radius 2 is 1.64 bits per heavy atom. The predicted molar refractivity (Wildman–Crippen MR) is 86.9 cm³/mol. The first kappa shape index (κ1) is 12.8. The molecule has 4 aromatic rings. The minimum atomic E-state index is 0.846. The second-order valence-corrected chi connectivity index (χ2v) is 5.14. The van der Waals surface area contributed by atoms with Crippen molar-refractivity contribution in [3.05, 3.63) is 72.9 Å². The smallest absolute Gasteiger partial charge is 0.336 e. The summed E-state index contributed by atoms with van der Waals surface area (Å²) in [5, 5.41) is 1.15. The van der Waals surface area contributed by atoms with Gasteiger partial charge < -0.3 is 4.74 Å². The minimum Gasteiger partial charge on any atom is -0.497 e. The molecule has 0 bridgehead atoms. The number of nitrogens with zero attached hydrogens (tertiary/aromatic N) is 2. The Balaban J connectivity index is 2.06. The molecule has 106 valence electrons. The highest BCUT2D eigenvalue weighted by Crippen LogP contribution is 2.22. The molecule has 0 aliphatic carbocycles. The molecular weight excluding hydrogens is 272 g/mol. The third kappa shape index (κ3) is 1.99. The molecular formula is C19H15N2O+. The standard InChI is InChI=1S/C19H15N2O/c1-22-15-11-9-14(10-12-15)19-20-17-7-3-2-6-16(17)18-8-4-5-13-21(18)19/h2-13H,1H3/q+1. The Labute approximate surface area is 128 Å². The highest BCUT2D eigenvalue weighted by molar-refractivity contribution is 5.91. The van der Waals surface area contributed by atoms with E-state index in [0.29, 0.717) is 0 Å². The maximum absolute atomic E-state index is 5.24. The zero-order valence-corrected chi connectivity index (χ0v) is 12.2. The van der Waals surface area contributed by atoms with Gasteiger partial charge in [-0.15, -0.1) is 0 Å². The van der Waals surface area contributed by atoms with Crippen molar-refractivity contribution in [3.63, 3.8) is 0 Å². The normalized spacial score (nSPS) is 11.0. The Morgan fingerprint density at radius 3 is 2.45 bits per heavy atom. The van der Waals surface area contributed by atoms with E-state index in [1.807, 2.05) is 48.7 Å². The predicted octanol–water partition coefficient (Wildman–Crippen LogP) is 3.65. The summed E-state index contributed by atoms with van der Waals surface area (Å²) in [6.45, 7) is 0. The van der Waals surface area contributed by atoms with E-state index in [0.717, 1.165) is 33.6 Å². The monoisotopic (exact) mass is 287 g/mol. The maximum atomic E-state index is 5.24. The van der Waals surface area contributed by atoms with E-state index >= 15 is 0 Å². The van der Waals surface area contributed by atoms with E-state index in [-0.39, 0.29) is 0 Å². The van der Waals surface area contributed by atoms with Gasteiger partial charge in [-0.3, -0.25) is 0 Å². The van der Waals surface area contributed by atoms with Crippen LogP contribution in [0.1, 0.15) is 0 Å². The Morgan fingerprint density at radius 1 is 0.864 bits per heavy atom. The number of ether oxygens (including phenoxy) is 1. The fourth-order valence-electron chi connectivity index (χ4n) is 2.75. The van der Waals surface area contributed by atoms with E-state index in [1.54, 1.807) is 7.11 Å². The summed E-state index contributed by atoms with van der Waals surface area (Å²) in [5.74, 6) is 1.77. The molecule has 2 aromatic heterocycles. The van der Waals surface area contributed by atoms with E-state index in [1.165, 1.54) is 0 Å². The molecule has 22 heavy (non-hydrogen) atoms. The summed E-state index contributed by atoms with van der Waals surface area (Å²) in [4.78, 5) is 4.85. The van der Waals surface area contributed by atoms with Crippen molar-refractivity contribution in [2.45, 2.75) is 0 Å². The van der Waals surface area contributed by atoms with Gasteiger partial charge in [0.1, 0.15) is 11.3 Å². The first-order valence-electron chi connectivity index (χ1n) is 7.20. The highest BCUT2D eigenvalue weighted by atomic mass is 16.5. The SMILES string of the molecule is COc1ccc(-c2nc3ccccc3c3cccc[n+]23)cc1. The molecule has 0 atom stereocenters. The van der Waals surface area contributed by atoms with Crippen LogP contribution in [-0.4, -0.2) is 12.1 Å². The molecule has 0 unspecified atom stereocenters.